The number of carbonyl (C=O) groups is 2. The SMILES string of the molecule is C=CC=Nc1c(O)cc2c(O)c1CC(C)CC(OC)C(O)C(C)C=C(C)C(OC(N)=O)C(OC)C=C/C=C(/C)C(=O)N2. The molecule has 0 radical (unpaired) electrons. The van der Waals surface area contributed by atoms with E-state index in [1.165, 1.54) is 38.7 Å². The van der Waals surface area contributed by atoms with Gasteiger partial charge >= 0.3 is 6.09 Å². The van der Waals surface area contributed by atoms with E-state index >= 15 is 0 Å². The van der Waals surface area contributed by atoms with Crippen molar-refractivity contribution in [2.75, 3.05) is 19.5 Å². The van der Waals surface area contributed by atoms with Gasteiger partial charge in [0, 0.05) is 43.6 Å². The number of allylic oxidation sites excluding steroid dienone is 3. The Morgan fingerprint density at radius 2 is 1.90 bits per heavy atom. The van der Waals surface area contributed by atoms with Crippen LogP contribution in [0.25, 0.3) is 0 Å². The molecule has 0 spiro atoms. The van der Waals surface area contributed by atoms with Gasteiger partial charge in [-0.05, 0) is 38.2 Å². The van der Waals surface area contributed by atoms with Crippen LogP contribution < -0.4 is 11.1 Å². The fourth-order valence-corrected chi connectivity index (χ4v) is 4.87. The molecule has 1 aromatic rings. The third kappa shape index (κ3) is 9.04. The number of aliphatic imine (C=N–C) groups is 1. The van der Waals surface area contributed by atoms with E-state index in [2.05, 4.69) is 16.9 Å². The first-order chi connectivity index (χ1) is 19.8. The van der Waals surface area contributed by atoms with E-state index in [0.29, 0.717) is 17.6 Å². The molecule has 0 saturated carbocycles. The lowest BCUT2D eigenvalue weighted by atomic mass is 9.87. The topological polar surface area (TPSA) is 173 Å². The average molecular weight is 586 g/mol. The highest BCUT2D eigenvalue weighted by Gasteiger charge is 2.30. The summed E-state index contributed by atoms with van der Waals surface area (Å²) in [4.78, 5) is 29.0. The number of nitrogens with one attached hydrogen (secondary N) is 1. The van der Waals surface area contributed by atoms with Crippen molar-refractivity contribution in [1.82, 2.24) is 0 Å². The fraction of sp³-hybridized carbons (Fsp3) is 0.452. The lowest BCUT2D eigenvalue weighted by Crippen LogP contribution is -2.37. The van der Waals surface area contributed by atoms with Crippen molar-refractivity contribution >= 4 is 29.6 Å². The van der Waals surface area contributed by atoms with Gasteiger partial charge in [-0.25, -0.2) is 4.79 Å². The molecular formula is C31H43N3O8. The summed E-state index contributed by atoms with van der Waals surface area (Å²) in [6, 6.07) is 1.23. The van der Waals surface area contributed by atoms with Crippen LogP contribution in [0.3, 0.4) is 0 Å². The van der Waals surface area contributed by atoms with Crippen LogP contribution in [-0.4, -0.2) is 72.2 Å². The number of fused-ring (bicyclic) bond motifs is 2. The fourth-order valence-electron chi connectivity index (χ4n) is 4.87. The van der Waals surface area contributed by atoms with Crippen LogP contribution in [0.1, 0.15) is 39.7 Å². The zero-order valence-electron chi connectivity index (χ0n) is 25.0. The minimum atomic E-state index is -0.994. The van der Waals surface area contributed by atoms with Crippen LogP contribution in [0.5, 0.6) is 11.5 Å². The number of aliphatic hydroxyl groups is 1. The van der Waals surface area contributed by atoms with Crippen molar-refractivity contribution < 1.29 is 39.1 Å². The molecule has 6 unspecified atom stereocenters. The van der Waals surface area contributed by atoms with Crippen molar-refractivity contribution in [1.29, 1.82) is 0 Å². The second-order valence-corrected chi connectivity index (χ2v) is 10.5. The minimum Gasteiger partial charge on any atom is -0.506 e. The number of benzene rings is 1. The molecule has 0 saturated heterocycles. The minimum absolute atomic E-state index is 0.00774. The Balaban J connectivity index is 2.69. The number of methoxy groups -OCH3 is 2. The predicted molar refractivity (Wildman–Crippen MR) is 162 cm³/mol. The largest absolute Gasteiger partial charge is 0.506 e. The van der Waals surface area contributed by atoms with Gasteiger partial charge in [-0.15, -0.1) is 0 Å². The highest BCUT2D eigenvalue weighted by atomic mass is 16.6. The van der Waals surface area contributed by atoms with Gasteiger partial charge < -0.3 is 40.6 Å². The van der Waals surface area contributed by atoms with Crippen LogP contribution in [-0.2, 0) is 25.4 Å². The van der Waals surface area contributed by atoms with E-state index in [9.17, 15) is 24.9 Å². The van der Waals surface area contributed by atoms with Gasteiger partial charge in [0.05, 0.1) is 17.9 Å². The Kier molecular flexibility index (Phi) is 13.0. The highest BCUT2D eigenvalue weighted by Crippen LogP contribution is 2.44. The Morgan fingerprint density at radius 3 is 2.50 bits per heavy atom. The number of aromatic hydroxyl groups is 2. The number of hydrogen-bond donors (Lipinski definition) is 5. The van der Waals surface area contributed by atoms with Crippen molar-refractivity contribution in [3.63, 3.8) is 0 Å². The van der Waals surface area contributed by atoms with Gasteiger partial charge in [0.15, 0.2) is 6.10 Å². The normalized spacial score (nSPS) is 27.5. The average Bonchev–Trinajstić information content (AvgIpc) is 2.94. The Morgan fingerprint density at radius 1 is 1.21 bits per heavy atom. The molecule has 6 N–H and O–H groups in total. The molecule has 2 amide bonds. The molecule has 11 heteroatoms. The molecule has 1 aliphatic rings. The van der Waals surface area contributed by atoms with E-state index < -0.39 is 42.3 Å². The van der Waals surface area contributed by atoms with E-state index in [4.69, 9.17) is 19.9 Å². The maximum Gasteiger partial charge on any atom is 0.405 e. The molecule has 0 aliphatic carbocycles. The molecule has 1 heterocycles. The molecule has 1 aliphatic heterocycles. The molecule has 2 bridgehead atoms. The lowest BCUT2D eigenvalue weighted by molar-refractivity contribution is -0.112. The number of hydrogen-bond acceptors (Lipinski definition) is 9. The number of amides is 2. The summed E-state index contributed by atoms with van der Waals surface area (Å²) < 4.78 is 16.6. The maximum atomic E-state index is 13.0. The number of phenolic OH excluding ortho intramolecular Hbond substituents is 2. The van der Waals surface area contributed by atoms with Gasteiger partial charge in [0.2, 0.25) is 0 Å². The first-order valence-corrected chi connectivity index (χ1v) is 13.6. The van der Waals surface area contributed by atoms with E-state index in [0.717, 1.165) is 0 Å². The molecule has 1 aromatic carbocycles. The molecular weight excluding hydrogens is 542 g/mol. The molecule has 0 fully saturated rings. The second kappa shape index (κ2) is 15.9. The van der Waals surface area contributed by atoms with Crippen molar-refractivity contribution in [3.05, 3.63) is 59.7 Å². The summed E-state index contributed by atoms with van der Waals surface area (Å²) in [5.41, 5.74) is 6.69. The lowest BCUT2D eigenvalue weighted by Gasteiger charge is -2.29. The number of anilines is 1. The van der Waals surface area contributed by atoms with Gasteiger partial charge in [-0.2, -0.15) is 0 Å². The van der Waals surface area contributed by atoms with Crippen LogP contribution in [0, 0.1) is 11.8 Å². The summed E-state index contributed by atoms with van der Waals surface area (Å²) in [6.45, 7) is 10.6. The number of nitrogens with zero attached hydrogens (tertiary/aromatic N) is 1. The molecule has 2 rings (SSSR count). The third-order valence-electron chi connectivity index (χ3n) is 7.11. The van der Waals surface area contributed by atoms with Crippen molar-refractivity contribution in [2.24, 2.45) is 22.6 Å². The summed E-state index contributed by atoms with van der Waals surface area (Å²) in [7, 11) is 2.94. The highest BCUT2D eigenvalue weighted by molar-refractivity contribution is 6.04. The van der Waals surface area contributed by atoms with Crippen LogP contribution in [0.15, 0.2) is 59.2 Å². The Bertz CT molecular complexity index is 1250. The number of rotatable bonds is 5. The number of primary amides is 1. The first-order valence-electron chi connectivity index (χ1n) is 13.6. The molecule has 42 heavy (non-hydrogen) atoms. The molecule has 6 atom stereocenters. The van der Waals surface area contributed by atoms with E-state index in [1.807, 2.05) is 13.8 Å². The van der Waals surface area contributed by atoms with Crippen LogP contribution in [0.2, 0.25) is 0 Å². The zero-order valence-corrected chi connectivity index (χ0v) is 25.0. The summed E-state index contributed by atoms with van der Waals surface area (Å²) >= 11 is 0. The smallest absolute Gasteiger partial charge is 0.405 e. The first kappa shape index (κ1) is 34.3. The molecule has 0 aromatic heterocycles. The van der Waals surface area contributed by atoms with Crippen molar-refractivity contribution in [3.8, 4) is 11.5 Å². The summed E-state index contributed by atoms with van der Waals surface area (Å²) in [6.07, 6.45) is 5.69. The number of ether oxygens (including phenoxy) is 3. The predicted octanol–water partition coefficient (Wildman–Crippen LogP) is 4.45. The van der Waals surface area contributed by atoms with Gasteiger partial charge in [-0.1, -0.05) is 50.8 Å². The van der Waals surface area contributed by atoms with E-state index in [-0.39, 0.29) is 40.8 Å². The summed E-state index contributed by atoms with van der Waals surface area (Å²) in [5.74, 6) is -1.61. The number of carbonyl (C=O) groups excluding carboxylic acids is 2. The van der Waals surface area contributed by atoms with Gasteiger partial charge in [0.25, 0.3) is 5.91 Å². The number of nitrogens with two attached hydrogens (primary N) is 1. The number of phenols is 2. The Labute approximate surface area is 247 Å². The summed E-state index contributed by atoms with van der Waals surface area (Å²) in [5, 5.41) is 35.9. The van der Waals surface area contributed by atoms with Gasteiger partial charge in [-0.3, -0.25) is 9.79 Å². The quantitative estimate of drug-likeness (QED) is 0.146. The van der Waals surface area contributed by atoms with Crippen LogP contribution >= 0.6 is 0 Å². The van der Waals surface area contributed by atoms with Crippen LogP contribution in [0.4, 0.5) is 16.2 Å². The third-order valence-corrected chi connectivity index (χ3v) is 7.11. The number of aliphatic hydroxyl groups excluding tert-OH is 1. The standard InChI is InChI=1S/C31H43N3O8/c1-8-12-33-26-21-13-17(2)14-25(41-7)27(36)19(4)15-20(5)29(42-31(32)39)24(40-6)11-9-10-18(3)30(38)34-22(28(21)37)16-23(26)35/h8-12,15-17,19,24-25,27,29,35-37H,1,13-14H2,2-7H3,(H2,32,39)(H,34,38)/b11-9?,18-10-,20-15?,33-12?. The zero-order chi connectivity index (χ0) is 31.6. The maximum absolute atomic E-state index is 13.0. The Hall–Kier alpha value is -3.93. The van der Waals surface area contributed by atoms with Crippen molar-refractivity contribution in [2.45, 2.75) is 65.0 Å². The molecule has 230 valence electrons. The van der Waals surface area contributed by atoms with Gasteiger partial charge in [0.1, 0.15) is 23.3 Å². The van der Waals surface area contributed by atoms with E-state index in [1.54, 1.807) is 32.1 Å². The molecule has 11 nitrogen and oxygen atoms in total. The second-order valence-electron chi connectivity index (χ2n) is 10.5. The monoisotopic (exact) mass is 585 g/mol.